The molecule has 4 nitrogen and oxygen atoms in total. The predicted molar refractivity (Wildman–Crippen MR) is 73.8 cm³/mol. The van der Waals surface area contributed by atoms with Gasteiger partial charge in [-0.25, -0.2) is 0 Å². The van der Waals surface area contributed by atoms with E-state index in [4.69, 9.17) is 0 Å². The summed E-state index contributed by atoms with van der Waals surface area (Å²) >= 11 is 0. The molecule has 0 aromatic heterocycles. The van der Waals surface area contributed by atoms with E-state index in [-0.39, 0.29) is 0 Å². The van der Waals surface area contributed by atoms with Gasteiger partial charge in [-0.15, -0.1) is 0 Å². The van der Waals surface area contributed by atoms with Crippen molar-refractivity contribution in [2.75, 3.05) is 32.7 Å². The maximum Gasteiger partial charge on any atom is 0.310 e. The quantitative estimate of drug-likeness (QED) is 0.788. The van der Waals surface area contributed by atoms with Gasteiger partial charge in [-0.3, -0.25) is 14.6 Å². The van der Waals surface area contributed by atoms with Crippen LogP contribution in [0.4, 0.5) is 0 Å². The fraction of sp³-hybridized carbons (Fsp3) is 0.929. The number of carbonyl (C=O) groups is 1. The Morgan fingerprint density at radius 3 is 2.50 bits per heavy atom. The van der Waals surface area contributed by atoms with Gasteiger partial charge in [-0.2, -0.15) is 0 Å². The number of likely N-dealkylation sites (N-methyl/N-ethyl adjacent to an activating group) is 1. The van der Waals surface area contributed by atoms with Crippen molar-refractivity contribution in [2.24, 2.45) is 5.41 Å². The summed E-state index contributed by atoms with van der Waals surface area (Å²) in [5, 5.41) is 9.42. The molecule has 1 N–H and O–H groups in total. The van der Waals surface area contributed by atoms with Crippen LogP contribution in [-0.2, 0) is 4.79 Å². The lowest BCUT2D eigenvalue weighted by Gasteiger charge is -2.42. The van der Waals surface area contributed by atoms with Gasteiger partial charge in [0.15, 0.2) is 0 Å². The molecule has 0 aromatic carbocycles. The molecule has 18 heavy (non-hydrogen) atoms. The molecule has 2 atom stereocenters. The van der Waals surface area contributed by atoms with E-state index in [9.17, 15) is 9.90 Å². The fourth-order valence-corrected chi connectivity index (χ4v) is 2.98. The van der Waals surface area contributed by atoms with Crippen LogP contribution in [-0.4, -0.2) is 59.6 Å². The van der Waals surface area contributed by atoms with Crippen LogP contribution in [0.2, 0.25) is 0 Å². The Labute approximate surface area is 111 Å². The van der Waals surface area contributed by atoms with E-state index in [0.717, 1.165) is 39.0 Å². The molecule has 1 fully saturated rings. The number of carboxylic acids is 1. The zero-order valence-corrected chi connectivity index (χ0v) is 12.3. The number of rotatable bonds is 6. The summed E-state index contributed by atoms with van der Waals surface area (Å²) < 4.78 is 0. The Bertz CT molecular complexity index is 283. The summed E-state index contributed by atoms with van der Waals surface area (Å²) in [5.74, 6) is -0.657. The van der Waals surface area contributed by atoms with Gasteiger partial charge in [0.2, 0.25) is 0 Å². The lowest BCUT2D eigenvalue weighted by Crippen LogP contribution is -2.54. The average Bonchev–Trinajstić information content (AvgIpc) is 2.29. The molecule has 2 unspecified atom stereocenters. The fourth-order valence-electron chi connectivity index (χ4n) is 2.98. The SMILES string of the molecule is CCCC(C)(CN1CCN(CC)C(C)C1)C(=O)O. The molecule has 0 aliphatic carbocycles. The van der Waals surface area contributed by atoms with Crippen LogP contribution in [0.1, 0.15) is 40.5 Å². The van der Waals surface area contributed by atoms with Crippen molar-refractivity contribution in [1.82, 2.24) is 9.80 Å². The minimum atomic E-state index is -0.657. The predicted octanol–water partition coefficient (Wildman–Crippen LogP) is 1.90. The molecule has 0 saturated carbocycles. The number of aliphatic carboxylic acids is 1. The van der Waals surface area contributed by atoms with Crippen molar-refractivity contribution in [3.8, 4) is 0 Å². The van der Waals surface area contributed by atoms with Crippen LogP contribution in [0.5, 0.6) is 0 Å². The monoisotopic (exact) mass is 256 g/mol. The van der Waals surface area contributed by atoms with Gasteiger partial charge in [-0.05, 0) is 26.8 Å². The van der Waals surface area contributed by atoms with Gasteiger partial charge >= 0.3 is 5.97 Å². The smallest absolute Gasteiger partial charge is 0.310 e. The molecule has 4 heteroatoms. The lowest BCUT2D eigenvalue weighted by molar-refractivity contribution is -0.150. The summed E-state index contributed by atoms with van der Waals surface area (Å²) in [7, 11) is 0. The Hall–Kier alpha value is -0.610. The molecule has 106 valence electrons. The normalized spacial score (nSPS) is 25.9. The molecule has 1 aliphatic rings. The lowest BCUT2D eigenvalue weighted by atomic mass is 9.84. The minimum absolute atomic E-state index is 0.531. The van der Waals surface area contributed by atoms with Crippen LogP contribution in [0.25, 0.3) is 0 Å². The van der Waals surface area contributed by atoms with E-state index in [0.29, 0.717) is 12.6 Å². The first-order valence-electron chi connectivity index (χ1n) is 7.12. The molecule has 0 bridgehead atoms. The van der Waals surface area contributed by atoms with Gasteiger partial charge in [-0.1, -0.05) is 20.3 Å². The third-order valence-electron chi connectivity index (χ3n) is 4.15. The molecule has 1 saturated heterocycles. The average molecular weight is 256 g/mol. The van der Waals surface area contributed by atoms with Crippen LogP contribution >= 0.6 is 0 Å². The van der Waals surface area contributed by atoms with E-state index in [1.165, 1.54) is 0 Å². The molecule has 1 rings (SSSR count). The van der Waals surface area contributed by atoms with Gasteiger partial charge in [0, 0.05) is 32.2 Å². The van der Waals surface area contributed by atoms with Gasteiger partial charge in [0.25, 0.3) is 0 Å². The molecule has 0 aromatic rings. The maximum atomic E-state index is 11.4. The van der Waals surface area contributed by atoms with Gasteiger partial charge in [0.1, 0.15) is 0 Å². The first-order valence-corrected chi connectivity index (χ1v) is 7.12. The standard InChI is InChI=1S/C14H28N2O2/c1-5-7-14(4,13(17)18)11-15-8-9-16(6-2)12(3)10-15/h12H,5-11H2,1-4H3,(H,17,18). The van der Waals surface area contributed by atoms with E-state index in [1.54, 1.807) is 0 Å². The highest BCUT2D eigenvalue weighted by Crippen LogP contribution is 2.26. The van der Waals surface area contributed by atoms with Crippen LogP contribution < -0.4 is 0 Å². The number of hydrogen-bond donors (Lipinski definition) is 1. The second-order valence-electron chi connectivity index (χ2n) is 5.83. The molecule has 1 aliphatic heterocycles. The number of nitrogens with zero attached hydrogens (tertiary/aromatic N) is 2. The van der Waals surface area contributed by atoms with Crippen molar-refractivity contribution in [3.05, 3.63) is 0 Å². The highest BCUT2D eigenvalue weighted by molar-refractivity contribution is 5.74. The molecule has 1 heterocycles. The van der Waals surface area contributed by atoms with E-state index in [2.05, 4.69) is 30.6 Å². The van der Waals surface area contributed by atoms with E-state index >= 15 is 0 Å². The Morgan fingerprint density at radius 1 is 1.39 bits per heavy atom. The molecule has 0 spiro atoms. The topological polar surface area (TPSA) is 43.8 Å². The zero-order valence-electron chi connectivity index (χ0n) is 12.3. The van der Waals surface area contributed by atoms with Gasteiger partial charge < -0.3 is 5.11 Å². The Balaban J connectivity index is 2.59. The second kappa shape index (κ2) is 6.53. The molecular formula is C14H28N2O2. The summed E-state index contributed by atoms with van der Waals surface area (Å²) in [6.07, 6.45) is 1.68. The third kappa shape index (κ3) is 3.69. The number of piperazine rings is 1. The second-order valence-corrected chi connectivity index (χ2v) is 5.83. The highest BCUT2D eigenvalue weighted by atomic mass is 16.4. The first kappa shape index (κ1) is 15.4. The van der Waals surface area contributed by atoms with Crippen LogP contribution in [0, 0.1) is 5.41 Å². The molecule has 0 amide bonds. The number of carboxylic acid groups (broad SMARTS) is 1. The van der Waals surface area contributed by atoms with Crippen LogP contribution in [0.3, 0.4) is 0 Å². The minimum Gasteiger partial charge on any atom is -0.481 e. The van der Waals surface area contributed by atoms with Crippen LogP contribution in [0.15, 0.2) is 0 Å². The maximum absolute atomic E-state index is 11.4. The molecular weight excluding hydrogens is 228 g/mol. The summed E-state index contributed by atoms with van der Waals surface area (Å²) in [4.78, 5) is 16.2. The summed E-state index contributed by atoms with van der Waals surface area (Å²) in [6, 6.07) is 0.531. The van der Waals surface area contributed by atoms with E-state index in [1.807, 2.05) is 6.92 Å². The zero-order chi connectivity index (χ0) is 13.8. The highest BCUT2D eigenvalue weighted by Gasteiger charge is 2.35. The van der Waals surface area contributed by atoms with Crippen molar-refractivity contribution in [3.63, 3.8) is 0 Å². The van der Waals surface area contributed by atoms with Gasteiger partial charge in [0.05, 0.1) is 5.41 Å². The summed E-state index contributed by atoms with van der Waals surface area (Å²) in [6.45, 7) is 13.1. The number of hydrogen-bond acceptors (Lipinski definition) is 3. The van der Waals surface area contributed by atoms with E-state index < -0.39 is 11.4 Å². The molecule has 0 radical (unpaired) electrons. The summed E-state index contributed by atoms with van der Waals surface area (Å²) in [5.41, 5.74) is -0.594. The largest absolute Gasteiger partial charge is 0.481 e. The van der Waals surface area contributed by atoms with Crippen molar-refractivity contribution in [1.29, 1.82) is 0 Å². The first-order chi connectivity index (χ1) is 8.42. The third-order valence-corrected chi connectivity index (χ3v) is 4.15. The Morgan fingerprint density at radius 2 is 2.06 bits per heavy atom. The van der Waals surface area contributed by atoms with Crippen molar-refractivity contribution < 1.29 is 9.90 Å². The van der Waals surface area contributed by atoms with Crippen molar-refractivity contribution >= 4 is 5.97 Å². The van der Waals surface area contributed by atoms with Crippen molar-refractivity contribution in [2.45, 2.75) is 46.6 Å². The Kier molecular flexibility index (Phi) is 5.60.